The van der Waals surface area contributed by atoms with Crippen molar-refractivity contribution in [1.82, 2.24) is 0 Å². The summed E-state index contributed by atoms with van der Waals surface area (Å²) >= 11 is 1.86. The molecule has 2 N–H and O–H groups in total. The Kier molecular flexibility index (Phi) is 12.2. The van der Waals surface area contributed by atoms with Gasteiger partial charge in [-0.15, -0.1) is 0 Å². The normalized spacial score (nSPS) is 13.1. The molecule has 0 saturated carbocycles. The molecule has 0 aromatic heterocycles. The monoisotopic (exact) mass is 316 g/mol. The van der Waals surface area contributed by atoms with Crippen LogP contribution < -0.4 is 5.73 Å². The second kappa shape index (κ2) is 12.3. The fraction of sp³-hybridized carbons (Fsp3) is 0.941. The van der Waals surface area contributed by atoms with Gasteiger partial charge >= 0.3 is 0 Å². The lowest BCUT2D eigenvalue weighted by Crippen LogP contribution is -2.25. The van der Waals surface area contributed by atoms with Crippen molar-refractivity contribution in [1.29, 1.82) is 0 Å². The number of amidine groups is 1. The molecule has 0 aromatic rings. The maximum Gasteiger partial charge on any atom is 0.0937 e. The van der Waals surface area contributed by atoms with Gasteiger partial charge in [-0.3, -0.25) is 4.99 Å². The molecule has 126 valence electrons. The van der Waals surface area contributed by atoms with E-state index < -0.39 is 0 Å². The molecule has 0 saturated heterocycles. The average molecular weight is 317 g/mol. The SMILES string of the molecule is CSCCCC(N)=NCCCCC(C)(C)OCCC(C)C. The quantitative estimate of drug-likeness (QED) is 0.309. The summed E-state index contributed by atoms with van der Waals surface area (Å²) in [5.74, 6) is 2.69. The highest BCUT2D eigenvalue weighted by Gasteiger charge is 2.17. The highest BCUT2D eigenvalue weighted by atomic mass is 32.2. The summed E-state index contributed by atoms with van der Waals surface area (Å²) in [6.07, 6.45) is 8.67. The lowest BCUT2D eigenvalue weighted by atomic mass is 10.0. The third-order valence-corrected chi connectivity index (χ3v) is 4.17. The number of nitrogens with zero attached hydrogens (tertiary/aromatic N) is 1. The number of hydrogen-bond acceptors (Lipinski definition) is 3. The highest BCUT2D eigenvalue weighted by molar-refractivity contribution is 7.98. The molecule has 0 rings (SSSR count). The highest BCUT2D eigenvalue weighted by Crippen LogP contribution is 2.19. The summed E-state index contributed by atoms with van der Waals surface area (Å²) in [5.41, 5.74) is 5.88. The minimum absolute atomic E-state index is 0.0114. The summed E-state index contributed by atoms with van der Waals surface area (Å²) in [5, 5.41) is 0. The zero-order valence-corrected chi connectivity index (χ0v) is 15.6. The molecule has 0 aromatic carbocycles. The van der Waals surface area contributed by atoms with Crippen LogP contribution in [0.2, 0.25) is 0 Å². The zero-order chi connectivity index (χ0) is 16.1. The molecule has 0 atom stereocenters. The summed E-state index contributed by atoms with van der Waals surface area (Å²) in [4.78, 5) is 4.45. The Hall–Kier alpha value is -0.220. The van der Waals surface area contributed by atoms with Gasteiger partial charge in [0.1, 0.15) is 0 Å². The number of nitrogens with two attached hydrogens (primary N) is 1. The Morgan fingerprint density at radius 3 is 2.57 bits per heavy atom. The van der Waals surface area contributed by atoms with Crippen LogP contribution in [-0.4, -0.2) is 36.6 Å². The van der Waals surface area contributed by atoms with Crippen LogP contribution in [0.25, 0.3) is 0 Å². The fourth-order valence-corrected chi connectivity index (χ4v) is 2.44. The van der Waals surface area contributed by atoms with Crippen LogP contribution in [0.3, 0.4) is 0 Å². The summed E-state index contributed by atoms with van der Waals surface area (Å²) in [6.45, 7) is 10.6. The maximum absolute atomic E-state index is 5.97. The van der Waals surface area contributed by atoms with Crippen molar-refractivity contribution in [3.8, 4) is 0 Å². The summed E-state index contributed by atoms with van der Waals surface area (Å²) < 4.78 is 5.97. The first kappa shape index (κ1) is 20.8. The number of ether oxygens (including phenoxy) is 1. The van der Waals surface area contributed by atoms with E-state index in [1.807, 2.05) is 11.8 Å². The lowest BCUT2D eigenvalue weighted by molar-refractivity contribution is -0.0290. The van der Waals surface area contributed by atoms with Crippen LogP contribution in [0.1, 0.15) is 66.2 Å². The number of aliphatic imine (C=N–C) groups is 1. The van der Waals surface area contributed by atoms with E-state index in [0.29, 0.717) is 5.92 Å². The van der Waals surface area contributed by atoms with E-state index in [-0.39, 0.29) is 5.60 Å². The fourth-order valence-electron chi connectivity index (χ4n) is 2.00. The van der Waals surface area contributed by atoms with Crippen LogP contribution in [0.15, 0.2) is 4.99 Å². The maximum atomic E-state index is 5.97. The standard InChI is InChI=1S/C17H36N2OS/c1-15(2)10-13-20-17(3,4)11-6-7-12-19-16(18)9-8-14-21-5/h15H,6-14H2,1-5H3,(H2,18,19). The number of rotatable bonds is 13. The van der Waals surface area contributed by atoms with Crippen molar-refractivity contribution < 1.29 is 4.74 Å². The lowest BCUT2D eigenvalue weighted by Gasteiger charge is -2.25. The van der Waals surface area contributed by atoms with E-state index >= 15 is 0 Å². The van der Waals surface area contributed by atoms with Crippen molar-refractivity contribution in [2.75, 3.05) is 25.2 Å². The molecule has 0 heterocycles. The van der Waals surface area contributed by atoms with Crippen LogP contribution in [0.4, 0.5) is 0 Å². The van der Waals surface area contributed by atoms with Gasteiger partial charge in [0.05, 0.1) is 11.4 Å². The van der Waals surface area contributed by atoms with Gasteiger partial charge < -0.3 is 10.5 Å². The van der Waals surface area contributed by atoms with E-state index in [1.165, 1.54) is 0 Å². The molecule has 0 radical (unpaired) electrons. The van der Waals surface area contributed by atoms with Crippen molar-refractivity contribution >= 4 is 17.6 Å². The second-order valence-electron chi connectivity index (χ2n) is 6.72. The van der Waals surface area contributed by atoms with E-state index in [2.05, 4.69) is 38.9 Å². The number of hydrogen-bond donors (Lipinski definition) is 1. The molecule has 4 heteroatoms. The van der Waals surface area contributed by atoms with Gasteiger partial charge in [0, 0.05) is 19.6 Å². The third-order valence-electron chi connectivity index (χ3n) is 3.47. The van der Waals surface area contributed by atoms with Crippen LogP contribution >= 0.6 is 11.8 Å². The van der Waals surface area contributed by atoms with Gasteiger partial charge in [0.15, 0.2) is 0 Å². The van der Waals surface area contributed by atoms with E-state index in [1.54, 1.807) is 0 Å². The largest absolute Gasteiger partial charge is 0.387 e. The molecule has 0 aliphatic heterocycles. The molecule has 21 heavy (non-hydrogen) atoms. The van der Waals surface area contributed by atoms with Gasteiger partial charge in [0.2, 0.25) is 0 Å². The first-order valence-corrected chi connectivity index (χ1v) is 9.68. The van der Waals surface area contributed by atoms with E-state index in [0.717, 1.165) is 63.3 Å². The zero-order valence-electron chi connectivity index (χ0n) is 14.8. The van der Waals surface area contributed by atoms with Gasteiger partial charge in [-0.05, 0) is 63.9 Å². The Labute approximate surface area is 136 Å². The predicted octanol–water partition coefficient (Wildman–Crippen LogP) is 4.50. The first-order chi connectivity index (χ1) is 9.87. The molecule has 0 aliphatic carbocycles. The summed E-state index contributed by atoms with van der Waals surface area (Å²) in [6, 6.07) is 0. The predicted molar refractivity (Wildman–Crippen MR) is 97.4 cm³/mol. The van der Waals surface area contributed by atoms with Gasteiger partial charge in [-0.1, -0.05) is 13.8 Å². The second-order valence-corrected chi connectivity index (χ2v) is 7.70. The van der Waals surface area contributed by atoms with Crippen LogP contribution in [0.5, 0.6) is 0 Å². The molecule has 0 spiro atoms. The molecule has 0 fully saturated rings. The Morgan fingerprint density at radius 2 is 1.95 bits per heavy atom. The Balaban J connectivity index is 3.65. The van der Waals surface area contributed by atoms with Gasteiger partial charge in [-0.25, -0.2) is 0 Å². The van der Waals surface area contributed by atoms with Crippen LogP contribution in [0, 0.1) is 5.92 Å². The van der Waals surface area contributed by atoms with Crippen molar-refractivity contribution in [3.63, 3.8) is 0 Å². The third kappa shape index (κ3) is 14.5. The Morgan fingerprint density at radius 1 is 1.24 bits per heavy atom. The number of unbranched alkanes of at least 4 members (excludes halogenated alkanes) is 1. The van der Waals surface area contributed by atoms with Crippen molar-refractivity contribution in [2.45, 2.75) is 71.8 Å². The molecular weight excluding hydrogens is 280 g/mol. The molecule has 0 amide bonds. The molecule has 3 nitrogen and oxygen atoms in total. The van der Waals surface area contributed by atoms with Crippen molar-refractivity contribution in [2.24, 2.45) is 16.6 Å². The average Bonchev–Trinajstić information content (AvgIpc) is 2.37. The van der Waals surface area contributed by atoms with E-state index in [9.17, 15) is 0 Å². The minimum atomic E-state index is -0.0114. The van der Waals surface area contributed by atoms with Gasteiger partial charge in [-0.2, -0.15) is 11.8 Å². The topological polar surface area (TPSA) is 47.6 Å². The molecular formula is C17H36N2OS. The molecule has 0 unspecified atom stereocenters. The Bertz CT molecular complexity index is 278. The molecule has 0 aliphatic rings. The smallest absolute Gasteiger partial charge is 0.0937 e. The molecule has 0 bridgehead atoms. The van der Waals surface area contributed by atoms with Crippen LogP contribution in [-0.2, 0) is 4.74 Å². The van der Waals surface area contributed by atoms with Gasteiger partial charge in [0.25, 0.3) is 0 Å². The van der Waals surface area contributed by atoms with E-state index in [4.69, 9.17) is 10.5 Å². The number of thioether (sulfide) groups is 1. The minimum Gasteiger partial charge on any atom is -0.387 e. The summed E-state index contributed by atoms with van der Waals surface area (Å²) in [7, 11) is 0. The first-order valence-electron chi connectivity index (χ1n) is 8.29. The van der Waals surface area contributed by atoms with Crippen molar-refractivity contribution in [3.05, 3.63) is 0 Å².